The van der Waals surface area contributed by atoms with E-state index in [2.05, 4.69) is 5.32 Å². The number of carbonyl (C=O) groups excluding carboxylic acids is 1. The van der Waals surface area contributed by atoms with E-state index in [4.69, 9.17) is 11.6 Å². The summed E-state index contributed by atoms with van der Waals surface area (Å²) in [6.45, 7) is 5.96. The molecule has 2 rings (SSSR count). The van der Waals surface area contributed by atoms with Gasteiger partial charge in [-0.25, -0.2) is 8.42 Å². The highest BCUT2D eigenvalue weighted by atomic mass is 35.5. The molecule has 1 heterocycles. The number of sulfonamides is 1. The second-order valence-electron chi connectivity index (χ2n) is 6.22. The summed E-state index contributed by atoms with van der Waals surface area (Å²) in [7, 11) is -3.34. The van der Waals surface area contributed by atoms with E-state index < -0.39 is 16.1 Å². The van der Waals surface area contributed by atoms with Gasteiger partial charge in [0.05, 0.1) is 11.8 Å². The number of halogens is 1. The van der Waals surface area contributed by atoms with Gasteiger partial charge in [0.25, 0.3) is 0 Å². The van der Waals surface area contributed by atoms with E-state index in [0.29, 0.717) is 18.0 Å². The molecular formula is C16H23ClN2O3S. The lowest BCUT2D eigenvalue weighted by Gasteiger charge is -2.30. The number of rotatable bonds is 5. The van der Waals surface area contributed by atoms with Crippen molar-refractivity contribution in [3.8, 4) is 0 Å². The van der Waals surface area contributed by atoms with Crippen molar-refractivity contribution in [2.45, 2.75) is 39.3 Å². The first kappa shape index (κ1) is 18.2. The van der Waals surface area contributed by atoms with Crippen molar-refractivity contribution in [2.75, 3.05) is 12.3 Å². The number of benzene rings is 1. The summed E-state index contributed by atoms with van der Waals surface area (Å²) in [6.07, 6.45) is 0.568. The molecule has 0 radical (unpaired) electrons. The number of nitrogens with one attached hydrogen (secondary N) is 1. The molecule has 7 heteroatoms. The molecular weight excluding hydrogens is 336 g/mol. The van der Waals surface area contributed by atoms with Crippen LogP contribution >= 0.6 is 11.6 Å². The Morgan fingerprint density at radius 3 is 2.43 bits per heavy atom. The topological polar surface area (TPSA) is 66.5 Å². The van der Waals surface area contributed by atoms with Gasteiger partial charge in [-0.15, -0.1) is 0 Å². The molecule has 23 heavy (non-hydrogen) atoms. The van der Waals surface area contributed by atoms with Crippen LogP contribution in [0.2, 0.25) is 5.02 Å². The van der Waals surface area contributed by atoms with Crippen LogP contribution in [0, 0.1) is 5.92 Å². The van der Waals surface area contributed by atoms with E-state index in [9.17, 15) is 13.2 Å². The molecule has 1 amide bonds. The maximum atomic E-state index is 12.7. The average Bonchev–Trinajstić information content (AvgIpc) is 2.78. The first-order valence-corrected chi connectivity index (χ1v) is 9.77. The van der Waals surface area contributed by atoms with Crippen molar-refractivity contribution in [1.82, 2.24) is 9.62 Å². The van der Waals surface area contributed by atoms with Crippen LogP contribution in [0.4, 0.5) is 0 Å². The minimum Gasteiger partial charge on any atom is -0.348 e. The first-order chi connectivity index (χ1) is 10.7. The van der Waals surface area contributed by atoms with Crippen molar-refractivity contribution in [3.63, 3.8) is 0 Å². The van der Waals surface area contributed by atoms with Gasteiger partial charge in [-0.2, -0.15) is 4.31 Å². The summed E-state index contributed by atoms with van der Waals surface area (Å²) in [6, 6.07) is 6.33. The molecule has 1 saturated heterocycles. The predicted octanol–water partition coefficient (Wildman–Crippen LogP) is 2.58. The van der Waals surface area contributed by atoms with Crippen LogP contribution < -0.4 is 5.32 Å². The fourth-order valence-corrected chi connectivity index (χ4v) is 5.06. The van der Waals surface area contributed by atoms with E-state index in [1.165, 1.54) is 4.31 Å². The number of hydrogen-bond acceptors (Lipinski definition) is 3. The Balaban J connectivity index is 2.18. The normalized spacial score (nSPS) is 20.4. The Morgan fingerprint density at radius 1 is 1.26 bits per heavy atom. The molecule has 1 aromatic rings. The van der Waals surface area contributed by atoms with Gasteiger partial charge in [0.1, 0.15) is 6.04 Å². The number of nitrogens with zero attached hydrogens (tertiary/aromatic N) is 1. The van der Waals surface area contributed by atoms with Gasteiger partial charge in [-0.1, -0.05) is 43.6 Å². The van der Waals surface area contributed by atoms with Crippen molar-refractivity contribution in [3.05, 3.63) is 34.9 Å². The van der Waals surface area contributed by atoms with Crippen molar-refractivity contribution >= 4 is 27.5 Å². The Labute approximate surface area is 143 Å². The van der Waals surface area contributed by atoms with E-state index in [1.807, 2.05) is 39.0 Å². The highest BCUT2D eigenvalue weighted by molar-refractivity contribution is 7.89. The highest BCUT2D eigenvalue weighted by Crippen LogP contribution is 2.25. The van der Waals surface area contributed by atoms with Gasteiger partial charge in [0, 0.05) is 11.6 Å². The molecule has 1 fully saturated rings. The molecule has 0 aromatic heterocycles. The summed E-state index contributed by atoms with van der Waals surface area (Å²) in [5.74, 6) is -0.275. The van der Waals surface area contributed by atoms with Crippen LogP contribution in [0.15, 0.2) is 24.3 Å². The minimum absolute atomic E-state index is 0.110. The summed E-state index contributed by atoms with van der Waals surface area (Å²) in [5.41, 5.74) is 0.814. The molecule has 0 aliphatic carbocycles. The van der Waals surface area contributed by atoms with Crippen LogP contribution in [0.25, 0.3) is 0 Å². The zero-order valence-electron chi connectivity index (χ0n) is 13.6. The van der Waals surface area contributed by atoms with Gasteiger partial charge in [0.15, 0.2) is 0 Å². The van der Waals surface area contributed by atoms with Crippen molar-refractivity contribution < 1.29 is 13.2 Å². The second kappa shape index (κ2) is 7.20. The van der Waals surface area contributed by atoms with E-state index in [-0.39, 0.29) is 23.6 Å². The molecule has 2 atom stereocenters. The lowest BCUT2D eigenvalue weighted by atomic mass is 10.0. The molecule has 1 aliphatic rings. The lowest BCUT2D eigenvalue weighted by Crippen LogP contribution is -2.50. The van der Waals surface area contributed by atoms with Gasteiger partial charge in [-0.05, 0) is 30.9 Å². The molecule has 5 nitrogen and oxygen atoms in total. The predicted molar refractivity (Wildman–Crippen MR) is 91.7 cm³/mol. The van der Waals surface area contributed by atoms with Gasteiger partial charge in [-0.3, -0.25) is 4.79 Å². The Hall–Kier alpha value is -1.11. The van der Waals surface area contributed by atoms with E-state index >= 15 is 0 Å². The molecule has 0 saturated carbocycles. The van der Waals surface area contributed by atoms with Crippen LogP contribution in [-0.4, -0.2) is 37.0 Å². The van der Waals surface area contributed by atoms with Gasteiger partial charge < -0.3 is 5.32 Å². The molecule has 128 valence electrons. The summed E-state index contributed by atoms with van der Waals surface area (Å²) >= 11 is 6.16. The Bertz CT molecular complexity index is 676. The van der Waals surface area contributed by atoms with E-state index in [1.54, 1.807) is 6.07 Å². The SMILES string of the molecule is CC(NC(=O)C(C(C)C)N1CCCS1(=O)=O)c1ccccc1Cl. The summed E-state index contributed by atoms with van der Waals surface area (Å²) in [4.78, 5) is 12.7. The zero-order valence-corrected chi connectivity index (χ0v) is 15.2. The standard InChI is InChI=1S/C16H23ClN2O3S/c1-11(2)15(19-9-6-10-23(19,21)22)16(20)18-12(3)13-7-4-5-8-14(13)17/h4-5,7-8,11-12,15H,6,9-10H2,1-3H3,(H,18,20). The third-order valence-electron chi connectivity index (χ3n) is 4.08. The van der Waals surface area contributed by atoms with Crippen LogP contribution in [0.1, 0.15) is 38.8 Å². The fraction of sp³-hybridized carbons (Fsp3) is 0.562. The summed E-state index contributed by atoms with van der Waals surface area (Å²) < 4.78 is 25.6. The quantitative estimate of drug-likeness (QED) is 0.879. The highest BCUT2D eigenvalue weighted by Gasteiger charge is 2.40. The second-order valence-corrected chi connectivity index (χ2v) is 8.67. The lowest BCUT2D eigenvalue weighted by molar-refractivity contribution is -0.126. The fourth-order valence-electron chi connectivity index (χ4n) is 2.94. The molecule has 0 bridgehead atoms. The molecule has 1 aliphatic heterocycles. The monoisotopic (exact) mass is 358 g/mol. The van der Waals surface area contributed by atoms with Crippen LogP contribution in [-0.2, 0) is 14.8 Å². The van der Waals surface area contributed by atoms with Gasteiger partial charge >= 0.3 is 0 Å². The maximum Gasteiger partial charge on any atom is 0.239 e. The van der Waals surface area contributed by atoms with Gasteiger partial charge in [0.2, 0.25) is 15.9 Å². The van der Waals surface area contributed by atoms with Crippen molar-refractivity contribution in [2.24, 2.45) is 5.92 Å². The third-order valence-corrected chi connectivity index (χ3v) is 6.35. The number of carbonyl (C=O) groups is 1. The molecule has 2 unspecified atom stereocenters. The smallest absolute Gasteiger partial charge is 0.239 e. The van der Waals surface area contributed by atoms with E-state index in [0.717, 1.165) is 5.56 Å². The Kier molecular flexibility index (Phi) is 5.70. The zero-order chi connectivity index (χ0) is 17.2. The van der Waals surface area contributed by atoms with Crippen LogP contribution in [0.5, 0.6) is 0 Å². The molecule has 1 N–H and O–H groups in total. The number of hydrogen-bond donors (Lipinski definition) is 1. The van der Waals surface area contributed by atoms with Crippen LogP contribution in [0.3, 0.4) is 0 Å². The minimum atomic E-state index is -3.34. The molecule has 1 aromatic carbocycles. The molecule has 0 spiro atoms. The van der Waals surface area contributed by atoms with Crippen molar-refractivity contribution in [1.29, 1.82) is 0 Å². The summed E-state index contributed by atoms with van der Waals surface area (Å²) in [5, 5.41) is 3.48. The number of amides is 1. The maximum absolute atomic E-state index is 12.7. The average molecular weight is 359 g/mol. The Morgan fingerprint density at radius 2 is 1.91 bits per heavy atom. The first-order valence-electron chi connectivity index (χ1n) is 7.78. The third kappa shape index (κ3) is 4.05. The largest absolute Gasteiger partial charge is 0.348 e.